The molecule has 0 aliphatic heterocycles. The third-order valence-electron chi connectivity index (χ3n) is 3.54. The number of anilines is 1. The zero-order valence-corrected chi connectivity index (χ0v) is 12.2. The molecule has 2 unspecified atom stereocenters. The Kier molecular flexibility index (Phi) is 3.75. The van der Waals surface area contributed by atoms with Crippen molar-refractivity contribution < 1.29 is 0 Å². The summed E-state index contributed by atoms with van der Waals surface area (Å²) >= 11 is 3.87. The van der Waals surface area contributed by atoms with Crippen molar-refractivity contribution in [2.24, 2.45) is 0 Å². The zero-order valence-electron chi connectivity index (χ0n) is 10.6. The summed E-state index contributed by atoms with van der Waals surface area (Å²) < 4.78 is 1.32. The molecule has 2 atom stereocenters. The van der Waals surface area contributed by atoms with Crippen LogP contribution in [-0.2, 0) is 0 Å². The second-order valence-electron chi connectivity index (χ2n) is 4.67. The lowest BCUT2D eigenvalue weighted by molar-refractivity contribution is 0.764. The molecule has 96 valence electrons. The Labute approximate surface area is 116 Å². The van der Waals surface area contributed by atoms with Gasteiger partial charge in [-0.05, 0) is 36.1 Å². The number of rotatable bonds is 4. The molecule has 1 N–H and O–H groups in total. The number of fused-ring (bicyclic) bond motifs is 1. The van der Waals surface area contributed by atoms with E-state index in [0.717, 1.165) is 11.1 Å². The average Bonchev–Trinajstić information content (AvgIpc) is 3.00. The van der Waals surface area contributed by atoms with Crippen molar-refractivity contribution in [1.82, 2.24) is 4.98 Å². The predicted molar refractivity (Wildman–Crippen MR) is 82.8 cm³/mol. The molecule has 2 aromatic rings. The van der Waals surface area contributed by atoms with Gasteiger partial charge in [-0.15, -0.1) is 11.3 Å². The molecule has 4 heteroatoms. The van der Waals surface area contributed by atoms with Gasteiger partial charge >= 0.3 is 0 Å². The van der Waals surface area contributed by atoms with Gasteiger partial charge in [0.25, 0.3) is 0 Å². The van der Waals surface area contributed by atoms with Gasteiger partial charge in [0.1, 0.15) is 5.82 Å². The minimum Gasteiger partial charge on any atom is -0.366 e. The van der Waals surface area contributed by atoms with Crippen LogP contribution in [0.2, 0.25) is 0 Å². The molecule has 18 heavy (non-hydrogen) atoms. The van der Waals surface area contributed by atoms with E-state index in [9.17, 15) is 0 Å². The van der Waals surface area contributed by atoms with Crippen LogP contribution in [0.5, 0.6) is 0 Å². The number of nitrogens with one attached hydrogen (secondary N) is 1. The maximum absolute atomic E-state index is 4.52. The topological polar surface area (TPSA) is 24.9 Å². The second-order valence-corrected chi connectivity index (χ2v) is 7.13. The largest absolute Gasteiger partial charge is 0.366 e. The summed E-state index contributed by atoms with van der Waals surface area (Å²) in [4.78, 5) is 4.52. The summed E-state index contributed by atoms with van der Waals surface area (Å²) in [6.45, 7) is 2.25. The third kappa shape index (κ3) is 2.36. The highest BCUT2D eigenvalue weighted by atomic mass is 32.2. The lowest BCUT2D eigenvalue weighted by atomic mass is 10.2. The van der Waals surface area contributed by atoms with Gasteiger partial charge in [0, 0.05) is 27.6 Å². The van der Waals surface area contributed by atoms with E-state index in [1.54, 1.807) is 11.3 Å². The molecular weight excluding hydrogens is 260 g/mol. The first-order chi connectivity index (χ1) is 8.88. The molecule has 2 heterocycles. The van der Waals surface area contributed by atoms with Gasteiger partial charge in [-0.25, -0.2) is 4.98 Å². The van der Waals surface area contributed by atoms with Crippen molar-refractivity contribution in [1.29, 1.82) is 0 Å². The first-order valence-electron chi connectivity index (χ1n) is 6.59. The van der Waals surface area contributed by atoms with E-state index in [4.69, 9.17) is 0 Å². The number of thioether (sulfide) groups is 1. The summed E-state index contributed by atoms with van der Waals surface area (Å²) in [5.74, 6) is 2.28. The summed E-state index contributed by atoms with van der Waals surface area (Å²) in [7, 11) is 0. The maximum atomic E-state index is 4.52. The fraction of sp³-hybridized carbons (Fsp3) is 0.500. The fourth-order valence-electron chi connectivity index (χ4n) is 2.69. The van der Waals surface area contributed by atoms with Gasteiger partial charge in [-0.3, -0.25) is 0 Å². The number of pyridine rings is 1. The van der Waals surface area contributed by atoms with E-state index in [0.29, 0.717) is 6.04 Å². The Bertz CT molecular complexity index is 523. The number of nitrogens with zero attached hydrogens (tertiary/aromatic N) is 1. The summed E-state index contributed by atoms with van der Waals surface area (Å²) in [5, 5.41) is 7.85. The van der Waals surface area contributed by atoms with Crippen molar-refractivity contribution >= 4 is 39.0 Å². The van der Waals surface area contributed by atoms with E-state index >= 15 is 0 Å². The standard InChI is InChI=1S/C14H18N2S2/c1-2-17-13-5-3-4-11(13)16-14-10-7-9-18-12(10)6-8-15-14/h6-9,11,13H,2-5H2,1H3,(H,15,16). The quantitative estimate of drug-likeness (QED) is 0.898. The smallest absolute Gasteiger partial charge is 0.134 e. The van der Waals surface area contributed by atoms with Crippen LogP contribution < -0.4 is 5.32 Å². The van der Waals surface area contributed by atoms with Gasteiger partial charge in [0.15, 0.2) is 0 Å². The van der Waals surface area contributed by atoms with Gasteiger partial charge in [-0.1, -0.05) is 13.3 Å². The summed E-state index contributed by atoms with van der Waals surface area (Å²) in [6.07, 6.45) is 5.88. The van der Waals surface area contributed by atoms with Crippen LogP contribution in [0.15, 0.2) is 23.7 Å². The molecule has 0 saturated heterocycles. The van der Waals surface area contributed by atoms with E-state index in [1.807, 2.05) is 6.20 Å². The Morgan fingerprint density at radius 1 is 1.44 bits per heavy atom. The number of hydrogen-bond acceptors (Lipinski definition) is 4. The third-order valence-corrected chi connectivity index (χ3v) is 5.74. The van der Waals surface area contributed by atoms with Crippen LogP contribution in [0, 0.1) is 0 Å². The summed E-state index contributed by atoms with van der Waals surface area (Å²) in [6, 6.07) is 4.86. The molecule has 2 nitrogen and oxygen atoms in total. The molecule has 0 aromatic carbocycles. The van der Waals surface area contributed by atoms with Crippen molar-refractivity contribution in [3.63, 3.8) is 0 Å². The second kappa shape index (κ2) is 5.49. The first-order valence-corrected chi connectivity index (χ1v) is 8.51. The highest BCUT2D eigenvalue weighted by Gasteiger charge is 2.27. The number of aromatic nitrogens is 1. The van der Waals surface area contributed by atoms with Crippen LogP contribution in [0.25, 0.3) is 10.1 Å². The highest BCUT2D eigenvalue weighted by molar-refractivity contribution is 7.99. The molecule has 1 fully saturated rings. The Hall–Kier alpha value is -0.740. The molecule has 3 rings (SSSR count). The maximum Gasteiger partial charge on any atom is 0.134 e. The van der Waals surface area contributed by atoms with Crippen molar-refractivity contribution in [3.05, 3.63) is 23.7 Å². The van der Waals surface area contributed by atoms with Crippen molar-refractivity contribution in [3.8, 4) is 0 Å². The van der Waals surface area contributed by atoms with Crippen LogP contribution >= 0.6 is 23.1 Å². The van der Waals surface area contributed by atoms with Crippen LogP contribution in [0.3, 0.4) is 0 Å². The molecule has 0 amide bonds. The van der Waals surface area contributed by atoms with E-state index < -0.39 is 0 Å². The van der Waals surface area contributed by atoms with E-state index in [2.05, 4.69) is 46.5 Å². The van der Waals surface area contributed by atoms with E-state index in [-0.39, 0.29) is 0 Å². The normalized spacial score (nSPS) is 23.6. The molecule has 0 spiro atoms. The molecule has 1 aliphatic rings. The highest BCUT2D eigenvalue weighted by Crippen LogP contribution is 2.33. The Morgan fingerprint density at radius 3 is 3.28 bits per heavy atom. The van der Waals surface area contributed by atoms with Crippen molar-refractivity contribution in [2.45, 2.75) is 37.5 Å². The molecule has 2 aromatic heterocycles. The van der Waals surface area contributed by atoms with Crippen LogP contribution in [-0.4, -0.2) is 22.0 Å². The fourth-order valence-corrected chi connectivity index (χ4v) is 4.67. The molecular formula is C14H18N2S2. The van der Waals surface area contributed by atoms with Crippen molar-refractivity contribution in [2.75, 3.05) is 11.1 Å². The van der Waals surface area contributed by atoms with Gasteiger partial charge < -0.3 is 5.32 Å². The lowest BCUT2D eigenvalue weighted by Gasteiger charge is -2.21. The molecule has 1 aliphatic carbocycles. The average molecular weight is 278 g/mol. The zero-order chi connectivity index (χ0) is 12.4. The van der Waals surface area contributed by atoms with E-state index in [1.165, 1.54) is 35.1 Å². The lowest BCUT2D eigenvalue weighted by Crippen LogP contribution is -2.26. The Balaban J connectivity index is 1.81. The monoisotopic (exact) mass is 278 g/mol. The molecule has 0 bridgehead atoms. The van der Waals surface area contributed by atoms with Gasteiger partial charge in [0.2, 0.25) is 0 Å². The first kappa shape index (κ1) is 12.3. The number of hydrogen-bond donors (Lipinski definition) is 1. The number of thiophene rings is 1. The van der Waals surface area contributed by atoms with Gasteiger partial charge in [-0.2, -0.15) is 11.8 Å². The van der Waals surface area contributed by atoms with Crippen LogP contribution in [0.4, 0.5) is 5.82 Å². The summed E-state index contributed by atoms with van der Waals surface area (Å²) in [5.41, 5.74) is 0. The minimum atomic E-state index is 0.591. The van der Waals surface area contributed by atoms with Crippen LogP contribution in [0.1, 0.15) is 26.2 Å². The molecule has 1 saturated carbocycles. The minimum absolute atomic E-state index is 0.591. The van der Waals surface area contributed by atoms with Gasteiger partial charge in [0.05, 0.1) is 0 Å². The Morgan fingerprint density at radius 2 is 2.39 bits per heavy atom. The SMILES string of the molecule is CCSC1CCCC1Nc1nccc2sccc12. The predicted octanol–water partition coefficient (Wildman–Crippen LogP) is 4.38. The molecule has 0 radical (unpaired) electrons.